The van der Waals surface area contributed by atoms with Gasteiger partial charge >= 0.3 is 0 Å². The Balaban J connectivity index is 1.20. The third kappa shape index (κ3) is 4.60. The van der Waals surface area contributed by atoms with Crippen LogP contribution >= 0.6 is 23.5 Å². The molecule has 0 bridgehead atoms. The normalized spacial score (nSPS) is 18.5. The van der Waals surface area contributed by atoms with Crippen LogP contribution in [0.2, 0.25) is 0 Å². The molecule has 11 rings (SSSR count). The smallest absolute Gasteiger partial charge is 0.0708 e. The molecule has 0 saturated carbocycles. The first kappa shape index (κ1) is 31.1. The summed E-state index contributed by atoms with van der Waals surface area (Å²) in [6.07, 6.45) is 5.85. The van der Waals surface area contributed by atoms with Gasteiger partial charge in [0, 0.05) is 36.1 Å². The van der Waals surface area contributed by atoms with E-state index in [2.05, 4.69) is 187 Å². The van der Waals surface area contributed by atoms with Crippen molar-refractivity contribution in [2.75, 3.05) is 0 Å². The highest BCUT2D eigenvalue weighted by molar-refractivity contribution is 8.03. The Labute approximate surface area is 318 Å². The second-order valence-electron chi connectivity index (χ2n) is 14.5. The molecule has 1 spiro atoms. The summed E-state index contributed by atoms with van der Waals surface area (Å²) in [4.78, 5) is 5.44. The number of fused-ring (bicyclic) bond motifs is 10. The van der Waals surface area contributed by atoms with Gasteiger partial charge in [-0.15, -0.1) is 0 Å². The highest BCUT2D eigenvalue weighted by Crippen LogP contribution is 2.64. The molecule has 2 unspecified atom stereocenters. The van der Waals surface area contributed by atoms with E-state index in [1.807, 2.05) is 23.5 Å². The SMILES string of the molecule is CC1C=CC2=C(C1)C1(c3ccccc3S2)c2ccc(-c3ccccc3)cc2Sc2c(-c3ccc4c(c3)c3ccccc3n4-c3ccccc3)cccc21. The number of allylic oxidation sites excluding steroid dienone is 3. The second-order valence-corrected chi connectivity index (χ2v) is 16.6. The molecule has 3 aliphatic rings. The van der Waals surface area contributed by atoms with Gasteiger partial charge in [0.1, 0.15) is 0 Å². The zero-order chi connectivity index (χ0) is 35.1. The highest BCUT2D eigenvalue weighted by atomic mass is 32.2. The van der Waals surface area contributed by atoms with Crippen molar-refractivity contribution in [2.45, 2.75) is 33.4 Å². The molecule has 53 heavy (non-hydrogen) atoms. The summed E-state index contributed by atoms with van der Waals surface area (Å²) in [7, 11) is 0. The predicted octanol–water partition coefficient (Wildman–Crippen LogP) is 13.9. The summed E-state index contributed by atoms with van der Waals surface area (Å²) in [5, 5.41) is 2.55. The molecule has 1 nitrogen and oxygen atoms in total. The Morgan fingerprint density at radius 1 is 0.547 bits per heavy atom. The number of para-hydroxylation sites is 2. The molecule has 3 heterocycles. The van der Waals surface area contributed by atoms with Gasteiger partial charge in [-0.2, -0.15) is 0 Å². The van der Waals surface area contributed by atoms with E-state index in [1.54, 1.807) is 0 Å². The van der Waals surface area contributed by atoms with Gasteiger partial charge in [-0.05, 0) is 99.3 Å². The van der Waals surface area contributed by atoms with Gasteiger partial charge in [0.2, 0.25) is 0 Å². The third-order valence-corrected chi connectivity index (χ3v) is 13.9. The van der Waals surface area contributed by atoms with Crippen molar-refractivity contribution >= 4 is 45.3 Å². The molecule has 1 aromatic heterocycles. The van der Waals surface area contributed by atoms with E-state index < -0.39 is 5.41 Å². The van der Waals surface area contributed by atoms with Crippen LogP contribution in [-0.4, -0.2) is 4.57 Å². The molecule has 0 radical (unpaired) electrons. The van der Waals surface area contributed by atoms with Crippen LogP contribution in [-0.2, 0) is 5.41 Å². The number of aromatic nitrogens is 1. The van der Waals surface area contributed by atoms with Crippen LogP contribution in [0, 0.1) is 5.92 Å². The van der Waals surface area contributed by atoms with Gasteiger partial charge in [0.15, 0.2) is 0 Å². The van der Waals surface area contributed by atoms with Crippen LogP contribution in [0.4, 0.5) is 0 Å². The van der Waals surface area contributed by atoms with E-state index in [-0.39, 0.29) is 0 Å². The topological polar surface area (TPSA) is 4.93 Å². The van der Waals surface area contributed by atoms with Crippen LogP contribution < -0.4 is 0 Å². The summed E-state index contributed by atoms with van der Waals surface area (Å²) >= 11 is 3.90. The first-order valence-electron chi connectivity index (χ1n) is 18.5. The van der Waals surface area contributed by atoms with Crippen molar-refractivity contribution in [3.8, 4) is 27.9 Å². The van der Waals surface area contributed by atoms with Crippen LogP contribution in [0.1, 0.15) is 30.0 Å². The quantitative estimate of drug-likeness (QED) is 0.180. The van der Waals surface area contributed by atoms with E-state index in [9.17, 15) is 0 Å². The average Bonchev–Trinajstić information content (AvgIpc) is 3.55. The molecular weight excluding hydrogens is 679 g/mol. The lowest BCUT2D eigenvalue weighted by molar-refractivity contribution is 0.579. The van der Waals surface area contributed by atoms with Crippen molar-refractivity contribution < 1.29 is 0 Å². The van der Waals surface area contributed by atoms with E-state index in [1.165, 1.54) is 91.6 Å². The van der Waals surface area contributed by atoms with Crippen molar-refractivity contribution in [1.82, 2.24) is 4.57 Å². The molecule has 8 aromatic rings. The molecule has 0 N–H and O–H groups in total. The van der Waals surface area contributed by atoms with E-state index in [4.69, 9.17) is 0 Å². The largest absolute Gasteiger partial charge is 0.309 e. The minimum Gasteiger partial charge on any atom is -0.309 e. The first-order chi connectivity index (χ1) is 26.2. The van der Waals surface area contributed by atoms with Crippen molar-refractivity contribution in [3.63, 3.8) is 0 Å². The first-order valence-corrected chi connectivity index (χ1v) is 20.1. The zero-order valence-corrected chi connectivity index (χ0v) is 30.9. The van der Waals surface area contributed by atoms with E-state index in [0.717, 1.165) is 6.42 Å². The average molecular weight is 714 g/mol. The number of hydrogen-bond acceptors (Lipinski definition) is 2. The molecular formula is C50H35NS2. The van der Waals surface area contributed by atoms with Gasteiger partial charge in [-0.25, -0.2) is 0 Å². The predicted molar refractivity (Wildman–Crippen MR) is 224 cm³/mol. The Bertz CT molecular complexity index is 2830. The summed E-state index contributed by atoms with van der Waals surface area (Å²) in [5.41, 5.74) is 14.0. The summed E-state index contributed by atoms with van der Waals surface area (Å²) in [6.45, 7) is 2.37. The Kier molecular flexibility index (Phi) is 7.05. The van der Waals surface area contributed by atoms with Gasteiger partial charge in [-0.3, -0.25) is 0 Å². The zero-order valence-electron chi connectivity index (χ0n) is 29.3. The molecule has 1 aliphatic carbocycles. The molecule has 3 heteroatoms. The number of nitrogens with zero attached hydrogens (tertiary/aromatic N) is 1. The maximum atomic E-state index is 2.46. The molecule has 7 aromatic carbocycles. The van der Waals surface area contributed by atoms with Crippen molar-refractivity contribution in [3.05, 3.63) is 203 Å². The molecule has 0 fully saturated rings. The highest BCUT2D eigenvalue weighted by Gasteiger charge is 2.50. The van der Waals surface area contributed by atoms with Crippen molar-refractivity contribution in [1.29, 1.82) is 0 Å². The molecule has 2 atom stereocenters. The summed E-state index contributed by atoms with van der Waals surface area (Å²) in [5.74, 6) is 0.467. The fourth-order valence-electron chi connectivity index (χ4n) is 9.19. The van der Waals surface area contributed by atoms with Crippen LogP contribution in [0.25, 0.3) is 49.7 Å². The Morgan fingerprint density at radius 2 is 1.26 bits per heavy atom. The van der Waals surface area contributed by atoms with Crippen LogP contribution in [0.3, 0.4) is 0 Å². The van der Waals surface area contributed by atoms with Gasteiger partial charge < -0.3 is 4.57 Å². The fourth-order valence-corrected chi connectivity index (χ4v) is 11.8. The monoisotopic (exact) mass is 713 g/mol. The maximum absolute atomic E-state index is 2.46. The van der Waals surface area contributed by atoms with Crippen molar-refractivity contribution in [2.24, 2.45) is 5.92 Å². The standard InChI is InChI=1S/C50H35NS2/c1-32-23-28-47-43(29-32)50(40-19-9-11-22-46(40)52-47)41-26-24-34(33-13-4-2-5-14-33)31-48(41)53-49-37(18-12-20-42(49)50)35-25-27-45-39(30-35)38-17-8-10-21-44(38)51(45)36-15-6-3-7-16-36/h2-28,30-32H,29H2,1H3. The van der Waals surface area contributed by atoms with Crippen LogP contribution in [0.15, 0.2) is 201 Å². The Morgan fingerprint density at radius 3 is 2.15 bits per heavy atom. The fraction of sp³-hybridized carbons (Fsp3) is 0.0800. The number of hydrogen-bond donors (Lipinski definition) is 0. The molecule has 2 aliphatic heterocycles. The Hall–Kier alpha value is -5.48. The van der Waals surface area contributed by atoms with Gasteiger partial charge in [0.25, 0.3) is 0 Å². The maximum Gasteiger partial charge on any atom is 0.0708 e. The molecule has 0 saturated heterocycles. The van der Waals surface area contributed by atoms with Gasteiger partial charge in [-0.1, -0.05) is 164 Å². The molecule has 0 amide bonds. The van der Waals surface area contributed by atoms with E-state index in [0.29, 0.717) is 5.92 Å². The minimum atomic E-state index is -0.398. The number of benzene rings is 7. The summed E-state index contributed by atoms with van der Waals surface area (Å²) < 4.78 is 2.41. The third-order valence-electron chi connectivity index (χ3n) is 11.5. The lowest BCUT2D eigenvalue weighted by Crippen LogP contribution is -2.38. The van der Waals surface area contributed by atoms with Gasteiger partial charge in [0.05, 0.1) is 16.4 Å². The second kappa shape index (κ2) is 12.0. The number of thioether (sulfide) groups is 1. The van der Waals surface area contributed by atoms with E-state index >= 15 is 0 Å². The number of rotatable bonds is 3. The van der Waals surface area contributed by atoms with Crippen LogP contribution in [0.5, 0.6) is 0 Å². The minimum absolute atomic E-state index is 0.398. The molecule has 252 valence electrons. The lowest BCUT2D eigenvalue weighted by Gasteiger charge is -2.48. The lowest BCUT2D eigenvalue weighted by atomic mass is 9.61. The summed E-state index contributed by atoms with van der Waals surface area (Å²) in [6, 6.07) is 61.1.